The molecule has 11 heteroatoms. The SMILES string of the molecule is CCCC(=O)OC(C)CC(c1ccc(OC(=O)OCC(C)C)c(OC(=O)OCC(C)C)c1)[C@H](N)C(=O)O. The molecule has 0 heterocycles. The number of carboxylic acid groups (broad SMARTS) is 1. The molecule has 3 atom stereocenters. The first-order chi connectivity index (χ1) is 17.3. The number of rotatable bonds is 14. The standard InChI is InChI=1S/C26H39NO10/c1-7-8-22(28)35-17(6)11-19(23(27)24(29)30)18-9-10-20(36-25(31)33-13-15(2)3)21(12-18)37-26(32)34-14-16(4)5/h9-10,12,15-17,19,23H,7-8,11,13-14,27H2,1-6H3,(H,29,30)/t17?,19?,23-/m0/s1. The van der Waals surface area contributed by atoms with Crippen LogP contribution in [0.3, 0.4) is 0 Å². The van der Waals surface area contributed by atoms with Crippen molar-refractivity contribution in [2.24, 2.45) is 17.6 Å². The molecule has 11 nitrogen and oxygen atoms in total. The van der Waals surface area contributed by atoms with Crippen molar-refractivity contribution >= 4 is 24.2 Å². The Balaban J connectivity index is 3.30. The summed E-state index contributed by atoms with van der Waals surface area (Å²) in [6.07, 6.45) is -1.76. The maximum atomic E-state index is 12.3. The Bertz CT molecular complexity index is 915. The Kier molecular flexibility index (Phi) is 13.4. The zero-order valence-corrected chi connectivity index (χ0v) is 22.4. The van der Waals surface area contributed by atoms with Crippen LogP contribution in [0.1, 0.15) is 72.3 Å². The molecule has 0 bridgehead atoms. The fraction of sp³-hybridized carbons (Fsp3) is 0.615. The summed E-state index contributed by atoms with van der Waals surface area (Å²) in [5.74, 6) is -2.71. The lowest BCUT2D eigenvalue weighted by Crippen LogP contribution is -2.38. The minimum atomic E-state index is -1.36. The summed E-state index contributed by atoms with van der Waals surface area (Å²) in [6, 6.07) is 2.81. The van der Waals surface area contributed by atoms with Gasteiger partial charge in [-0.1, -0.05) is 40.7 Å². The molecule has 208 valence electrons. The average Bonchev–Trinajstić information content (AvgIpc) is 2.80. The minimum absolute atomic E-state index is 0.0514. The molecule has 0 spiro atoms. The van der Waals surface area contributed by atoms with Gasteiger partial charge in [-0.3, -0.25) is 9.59 Å². The number of ether oxygens (including phenoxy) is 5. The van der Waals surface area contributed by atoms with Gasteiger partial charge in [-0.15, -0.1) is 0 Å². The smallest absolute Gasteiger partial charge is 0.480 e. The lowest BCUT2D eigenvalue weighted by atomic mass is 9.87. The van der Waals surface area contributed by atoms with E-state index < -0.39 is 42.3 Å². The molecular weight excluding hydrogens is 486 g/mol. The number of carbonyl (C=O) groups excluding carboxylic acids is 3. The summed E-state index contributed by atoms with van der Waals surface area (Å²) in [5.41, 5.74) is 6.34. The molecule has 0 saturated carbocycles. The maximum absolute atomic E-state index is 12.3. The van der Waals surface area contributed by atoms with Crippen molar-refractivity contribution < 1.29 is 48.0 Å². The summed E-state index contributed by atoms with van der Waals surface area (Å²) < 4.78 is 25.9. The number of hydrogen-bond acceptors (Lipinski definition) is 10. The van der Waals surface area contributed by atoms with Gasteiger partial charge in [0.25, 0.3) is 0 Å². The van der Waals surface area contributed by atoms with Gasteiger partial charge in [-0.05, 0) is 49.3 Å². The van der Waals surface area contributed by atoms with Crippen LogP contribution in [0.25, 0.3) is 0 Å². The molecular formula is C26H39NO10. The molecule has 0 saturated heterocycles. The summed E-state index contributed by atoms with van der Waals surface area (Å²) in [7, 11) is 0. The number of carboxylic acids is 1. The van der Waals surface area contributed by atoms with Gasteiger partial charge in [-0.2, -0.15) is 0 Å². The zero-order valence-electron chi connectivity index (χ0n) is 22.4. The van der Waals surface area contributed by atoms with Crippen LogP contribution in [0.5, 0.6) is 11.5 Å². The van der Waals surface area contributed by atoms with Crippen LogP contribution in [0, 0.1) is 11.8 Å². The van der Waals surface area contributed by atoms with Gasteiger partial charge in [0.05, 0.1) is 19.3 Å². The van der Waals surface area contributed by atoms with Gasteiger partial charge >= 0.3 is 24.2 Å². The van der Waals surface area contributed by atoms with Crippen molar-refractivity contribution in [3.8, 4) is 11.5 Å². The highest BCUT2D eigenvalue weighted by atomic mass is 16.7. The van der Waals surface area contributed by atoms with Crippen molar-refractivity contribution in [3.63, 3.8) is 0 Å². The molecule has 0 aliphatic carbocycles. The number of carbonyl (C=O) groups is 4. The van der Waals surface area contributed by atoms with Gasteiger partial charge in [0.2, 0.25) is 0 Å². The molecule has 0 aliphatic heterocycles. The van der Waals surface area contributed by atoms with Crippen LogP contribution in [0.4, 0.5) is 9.59 Å². The van der Waals surface area contributed by atoms with Crippen LogP contribution in [0.15, 0.2) is 18.2 Å². The highest BCUT2D eigenvalue weighted by Crippen LogP contribution is 2.35. The van der Waals surface area contributed by atoms with Gasteiger partial charge < -0.3 is 34.5 Å². The van der Waals surface area contributed by atoms with Crippen LogP contribution < -0.4 is 15.2 Å². The topological polar surface area (TPSA) is 161 Å². The van der Waals surface area contributed by atoms with E-state index in [9.17, 15) is 24.3 Å². The molecule has 1 aromatic rings. The molecule has 0 amide bonds. The van der Waals surface area contributed by atoms with Gasteiger partial charge in [0.15, 0.2) is 11.5 Å². The quantitative estimate of drug-likeness (QED) is 0.198. The first-order valence-corrected chi connectivity index (χ1v) is 12.3. The van der Waals surface area contributed by atoms with E-state index >= 15 is 0 Å². The van der Waals surface area contributed by atoms with E-state index in [0.29, 0.717) is 12.0 Å². The van der Waals surface area contributed by atoms with E-state index in [-0.39, 0.29) is 49.4 Å². The van der Waals surface area contributed by atoms with Crippen molar-refractivity contribution in [2.45, 2.75) is 78.9 Å². The molecule has 0 radical (unpaired) electrons. The predicted molar refractivity (Wildman–Crippen MR) is 134 cm³/mol. The lowest BCUT2D eigenvalue weighted by Gasteiger charge is -2.25. The second-order valence-electron chi connectivity index (χ2n) is 9.58. The first kappa shape index (κ1) is 31.7. The number of esters is 1. The second-order valence-corrected chi connectivity index (χ2v) is 9.58. The largest absolute Gasteiger partial charge is 0.513 e. The Morgan fingerprint density at radius 3 is 1.92 bits per heavy atom. The number of nitrogens with two attached hydrogens (primary N) is 1. The Labute approximate surface area is 217 Å². The third-order valence-corrected chi connectivity index (χ3v) is 4.94. The van der Waals surface area contributed by atoms with Crippen molar-refractivity contribution in [1.29, 1.82) is 0 Å². The van der Waals surface area contributed by atoms with Gasteiger partial charge in [0, 0.05) is 12.3 Å². The lowest BCUT2D eigenvalue weighted by molar-refractivity contribution is -0.148. The molecule has 37 heavy (non-hydrogen) atoms. The Hall–Kier alpha value is -3.34. The number of hydrogen-bond donors (Lipinski definition) is 2. The summed E-state index contributed by atoms with van der Waals surface area (Å²) in [4.78, 5) is 48.0. The fourth-order valence-electron chi connectivity index (χ4n) is 3.18. The summed E-state index contributed by atoms with van der Waals surface area (Å²) in [6.45, 7) is 11.1. The average molecular weight is 526 g/mol. The second kappa shape index (κ2) is 15.7. The van der Waals surface area contributed by atoms with E-state index in [1.54, 1.807) is 6.92 Å². The highest BCUT2D eigenvalue weighted by molar-refractivity contribution is 5.75. The molecule has 0 aliphatic rings. The van der Waals surface area contributed by atoms with Gasteiger partial charge in [-0.25, -0.2) is 9.59 Å². The number of aliphatic carboxylic acids is 1. The third-order valence-electron chi connectivity index (χ3n) is 4.94. The van der Waals surface area contributed by atoms with E-state index in [2.05, 4.69) is 0 Å². The zero-order chi connectivity index (χ0) is 28.1. The molecule has 1 aromatic carbocycles. The monoisotopic (exact) mass is 525 g/mol. The van der Waals surface area contributed by atoms with E-state index in [4.69, 9.17) is 29.4 Å². The van der Waals surface area contributed by atoms with Crippen LogP contribution in [-0.4, -0.2) is 54.7 Å². The molecule has 1 rings (SSSR count). The third kappa shape index (κ3) is 12.0. The first-order valence-electron chi connectivity index (χ1n) is 12.3. The maximum Gasteiger partial charge on any atom is 0.513 e. The molecule has 0 aromatic heterocycles. The van der Waals surface area contributed by atoms with Crippen molar-refractivity contribution in [3.05, 3.63) is 23.8 Å². The molecule has 3 N–H and O–H groups in total. The van der Waals surface area contributed by atoms with Crippen LogP contribution in [-0.2, 0) is 23.8 Å². The summed E-state index contributed by atoms with van der Waals surface area (Å²) in [5, 5.41) is 9.58. The molecule has 0 fully saturated rings. The predicted octanol–water partition coefficient (Wildman–Crippen LogP) is 4.65. The summed E-state index contributed by atoms with van der Waals surface area (Å²) >= 11 is 0. The van der Waals surface area contributed by atoms with E-state index in [1.807, 2.05) is 34.6 Å². The number of benzene rings is 1. The minimum Gasteiger partial charge on any atom is -0.480 e. The van der Waals surface area contributed by atoms with E-state index in [1.165, 1.54) is 18.2 Å². The van der Waals surface area contributed by atoms with E-state index in [0.717, 1.165) is 0 Å². The Morgan fingerprint density at radius 1 is 0.892 bits per heavy atom. The highest BCUT2D eigenvalue weighted by Gasteiger charge is 2.30. The van der Waals surface area contributed by atoms with Crippen LogP contribution >= 0.6 is 0 Å². The van der Waals surface area contributed by atoms with Crippen molar-refractivity contribution in [2.75, 3.05) is 13.2 Å². The molecule has 2 unspecified atom stereocenters. The van der Waals surface area contributed by atoms with Crippen molar-refractivity contribution in [1.82, 2.24) is 0 Å². The van der Waals surface area contributed by atoms with Gasteiger partial charge in [0.1, 0.15) is 6.04 Å². The fourth-order valence-corrected chi connectivity index (χ4v) is 3.18. The van der Waals surface area contributed by atoms with Crippen LogP contribution in [0.2, 0.25) is 0 Å². The normalized spacial score (nSPS) is 13.4. The Morgan fingerprint density at radius 2 is 1.43 bits per heavy atom.